The SMILES string of the molecule is CCNC(=NCc1ccccc1OC)NC1CCC(O)CC1.I. The van der Waals surface area contributed by atoms with Crippen LogP contribution in [0.3, 0.4) is 0 Å². The van der Waals surface area contributed by atoms with E-state index in [2.05, 4.69) is 22.5 Å². The summed E-state index contributed by atoms with van der Waals surface area (Å²) in [4.78, 5) is 4.66. The van der Waals surface area contributed by atoms with Crippen LogP contribution in [0.15, 0.2) is 29.3 Å². The van der Waals surface area contributed by atoms with Gasteiger partial charge in [0.05, 0.1) is 19.8 Å². The molecule has 0 aliphatic heterocycles. The van der Waals surface area contributed by atoms with Gasteiger partial charge in [0.2, 0.25) is 0 Å². The molecule has 1 aromatic rings. The molecule has 3 N–H and O–H groups in total. The van der Waals surface area contributed by atoms with Gasteiger partial charge in [-0.2, -0.15) is 0 Å². The number of aliphatic hydroxyl groups is 1. The van der Waals surface area contributed by atoms with Crippen LogP contribution in [0.25, 0.3) is 0 Å². The van der Waals surface area contributed by atoms with Crippen molar-refractivity contribution in [1.29, 1.82) is 0 Å². The second-order valence-corrected chi connectivity index (χ2v) is 5.66. The summed E-state index contributed by atoms with van der Waals surface area (Å²) in [7, 11) is 1.68. The second-order valence-electron chi connectivity index (χ2n) is 5.66. The zero-order chi connectivity index (χ0) is 15.8. The van der Waals surface area contributed by atoms with E-state index in [9.17, 15) is 5.11 Å². The number of rotatable bonds is 5. The Hall–Kier alpha value is -1.02. The number of methoxy groups -OCH3 is 1. The van der Waals surface area contributed by atoms with Gasteiger partial charge in [0.1, 0.15) is 5.75 Å². The number of hydrogen-bond donors (Lipinski definition) is 3. The lowest BCUT2D eigenvalue weighted by atomic mass is 9.93. The Labute approximate surface area is 155 Å². The minimum atomic E-state index is -0.133. The van der Waals surface area contributed by atoms with Crippen molar-refractivity contribution in [2.75, 3.05) is 13.7 Å². The summed E-state index contributed by atoms with van der Waals surface area (Å²) in [5.41, 5.74) is 1.07. The quantitative estimate of drug-likeness (QED) is 0.380. The Kier molecular flexibility index (Phi) is 9.31. The highest BCUT2D eigenvalue weighted by atomic mass is 127. The average Bonchev–Trinajstić information content (AvgIpc) is 2.55. The summed E-state index contributed by atoms with van der Waals surface area (Å²) in [5, 5.41) is 16.3. The predicted molar refractivity (Wildman–Crippen MR) is 105 cm³/mol. The first-order valence-electron chi connectivity index (χ1n) is 8.07. The molecule has 130 valence electrons. The summed E-state index contributed by atoms with van der Waals surface area (Å²) in [6.45, 7) is 3.46. The molecule has 0 unspecified atom stereocenters. The standard InChI is InChI=1S/C17H27N3O2.HI/c1-3-18-17(20-14-8-10-15(21)11-9-14)19-12-13-6-4-5-7-16(13)22-2;/h4-7,14-15,21H,3,8-12H2,1-2H3,(H2,18,19,20);1H. The molecular formula is C17H28IN3O2. The van der Waals surface area contributed by atoms with Gasteiger partial charge < -0.3 is 20.5 Å². The van der Waals surface area contributed by atoms with Crippen LogP contribution in [0.4, 0.5) is 0 Å². The lowest BCUT2D eigenvalue weighted by molar-refractivity contribution is 0.120. The fraction of sp³-hybridized carbons (Fsp3) is 0.588. The van der Waals surface area contributed by atoms with Crippen LogP contribution >= 0.6 is 24.0 Å². The van der Waals surface area contributed by atoms with E-state index in [1.54, 1.807) is 7.11 Å². The number of para-hydroxylation sites is 1. The van der Waals surface area contributed by atoms with Gasteiger partial charge in [-0.1, -0.05) is 18.2 Å². The van der Waals surface area contributed by atoms with Gasteiger partial charge in [-0.15, -0.1) is 24.0 Å². The van der Waals surface area contributed by atoms with Crippen LogP contribution in [0.2, 0.25) is 0 Å². The minimum Gasteiger partial charge on any atom is -0.496 e. The van der Waals surface area contributed by atoms with Crippen LogP contribution in [0.1, 0.15) is 38.2 Å². The van der Waals surface area contributed by atoms with Crippen LogP contribution in [-0.2, 0) is 6.54 Å². The Morgan fingerprint density at radius 3 is 2.61 bits per heavy atom. The van der Waals surface area contributed by atoms with Crippen molar-refractivity contribution in [2.45, 2.75) is 51.3 Å². The molecule has 1 aromatic carbocycles. The maximum Gasteiger partial charge on any atom is 0.191 e. The van der Waals surface area contributed by atoms with Gasteiger partial charge in [0.25, 0.3) is 0 Å². The number of halogens is 1. The van der Waals surface area contributed by atoms with Crippen LogP contribution in [-0.4, -0.2) is 36.9 Å². The van der Waals surface area contributed by atoms with Crippen molar-refractivity contribution in [3.63, 3.8) is 0 Å². The Balaban J connectivity index is 0.00000264. The molecule has 0 amide bonds. The van der Waals surface area contributed by atoms with E-state index < -0.39 is 0 Å². The zero-order valence-corrected chi connectivity index (χ0v) is 16.2. The van der Waals surface area contributed by atoms with Gasteiger partial charge >= 0.3 is 0 Å². The number of nitrogens with one attached hydrogen (secondary N) is 2. The van der Waals surface area contributed by atoms with E-state index >= 15 is 0 Å². The van der Waals surface area contributed by atoms with Crippen LogP contribution < -0.4 is 15.4 Å². The second kappa shape index (κ2) is 10.7. The van der Waals surface area contributed by atoms with Crippen LogP contribution in [0.5, 0.6) is 5.75 Å². The Morgan fingerprint density at radius 2 is 1.96 bits per heavy atom. The van der Waals surface area contributed by atoms with E-state index in [4.69, 9.17) is 4.74 Å². The molecule has 0 saturated heterocycles. The third-order valence-electron chi connectivity index (χ3n) is 3.98. The molecule has 0 aromatic heterocycles. The fourth-order valence-corrected chi connectivity index (χ4v) is 2.73. The Bertz CT molecular complexity index is 488. The number of hydrogen-bond acceptors (Lipinski definition) is 3. The molecule has 2 rings (SSSR count). The average molecular weight is 433 g/mol. The van der Waals surface area contributed by atoms with Crippen molar-refractivity contribution < 1.29 is 9.84 Å². The molecular weight excluding hydrogens is 405 g/mol. The molecule has 0 atom stereocenters. The number of guanidine groups is 1. The number of nitrogens with zero attached hydrogens (tertiary/aromatic N) is 1. The largest absolute Gasteiger partial charge is 0.496 e. The molecule has 1 aliphatic rings. The predicted octanol–water partition coefficient (Wildman–Crippen LogP) is 2.67. The van der Waals surface area contributed by atoms with Gasteiger partial charge in [-0.05, 0) is 38.7 Å². The number of ether oxygens (including phenoxy) is 1. The van der Waals surface area contributed by atoms with E-state index in [-0.39, 0.29) is 30.1 Å². The maximum atomic E-state index is 9.59. The van der Waals surface area contributed by atoms with E-state index in [1.165, 1.54) is 0 Å². The molecule has 0 spiro atoms. The molecule has 0 heterocycles. The first-order valence-corrected chi connectivity index (χ1v) is 8.07. The van der Waals surface area contributed by atoms with Crippen molar-refractivity contribution in [1.82, 2.24) is 10.6 Å². The van der Waals surface area contributed by atoms with E-state index in [0.29, 0.717) is 12.6 Å². The summed E-state index contributed by atoms with van der Waals surface area (Å²) < 4.78 is 5.36. The number of benzene rings is 1. The highest BCUT2D eigenvalue weighted by Crippen LogP contribution is 2.19. The summed E-state index contributed by atoms with van der Waals surface area (Å²) >= 11 is 0. The van der Waals surface area contributed by atoms with Gasteiger partial charge in [0, 0.05) is 18.2 Å². The van der Waals surface area contributed by atoms with Gasteiger partial charge in [0.15, 0.2) is 5.96 Å². The van der Waals surface area contributed by atoms with E-state index in [0.717, 1.165) is 49.5 Å². The maximum absolute atomic E-state index is 9.59. The summed E-state index contributed by atoms with van der Waals surface area (Å²) in [6, 6.07) is 8.33. The highest BCUT2D eigenvalue weighted by Gasteiger charge is 2.19. The third-order valence-corrected chi connectivity index (χ3v) is 3.98. The first-order chi connectivity index (χ1) is 10.7. The topological polar surface area (TPSA) is 65.9 Å². The van der Waals surface area contributed by atoms with Crippen LogP contribution in [0, 0.1) is 0 Å². The van der Waals surface area contributed by atoms with E-state index in [1.807, 2.05) is 24.3 Å². The molecule has 1 fully saturated rings. The summed E-state index contributed by atoms with van der Waals surface area (Å²) in [6.07, 6.45) is 3.57. The zero-order valence-electron chi connectivity index (χ0n) is 13.9. The Morgan fingerprint density at radius 1 is 1.26 bits per heavy atom. The number of aliphatic imine (C=N–C) groups is 1. The fourth-order valence-electron chi connectivity index (χ4n) is 2.73. The molecule has 1 saturated carbocycles. The molecule has 23 heavy (non-hydrogen) atoms. The van der Waals surface area contributed by atoms with Crippen molar-refractivity contribution in [3.8, 4) is 5.75 Å². The molecule has 0 bridgehead atoms. The molecule has 6 heteroatoms. The minimum absolute atomic E-state index is 0. The van der Waals surface area contributed by atoms with Crippen molar-refractivity contribution in [2.24, 2.45) is 4.99 Å². The lowest BCUT2D eigenvalue weighted by Crippen LogP contribution is -2.45. The molecule has 0 radical (unpaired) electrons. The third kappa shape index (κ3) is 6.55. The van der Waals surface area contributed by atoms with Gasteiger partial charge in [-0.25, -0.2) is 4.99 Å². The monoisotopic (exact) mass is 433 g/mol. The molecule has 1 aliphatic carbocycles. The normalized spacial score (nSPS) is 21.3. The highest BCUT2D eigenvalue weighted by molar-refractivity contribution is 14.0. The van der Waals surface area contributed by atoms with Gasteiger partial charge in [-0.3, -0.25) is 0 Å². The molecule has 5 nitrogen and oxygen atoms in total. The first kappa shape index (κ1) is 20.0. The summed E-state index contributed by atoms with van der Waals surface area (Å²) in [5.74, 6) is 1.69. The smallest absolute Gasteiger partial charge is 0.191 e. The van der Waals surface area contributed by atoms with Crippen molar-refractivity contribution >= 4 is 29.9 Å². The lowest BCUT2D eigenvalue weighted by Gasteiger charge is -2.27. The number of aliphatic hydroxyl groups excluding tert-OH is 1. The van der Waals surface area contributed by atoms with Crippen molar-refractivity contribution in [3.05, 3.63) is 29.8 Å².